The van der Waals surface area contributed by atoms with Crippen LogP contribution in [0.25, 0.3) is 6.08 Å². The molecule has 1 fully saturated rings. The third-order valence-corrected chi connectivity index (χ3v) is 7.33. The van der Waals surface area contributed by atoms with E-state index >= 15 is 0 Å². The second kappa shape index (κ2) is 14.3. The molecule has 2 aliphatic rings. The minimum atomic E-state index is -1.53. The number of ether oxygens (including phenoxy) is 8. The fourth-order valence-corrected chi connectivity index (χ4v) is 5.16. The van der Waals surface area contributed by atoms with Crippen LogP contribution >= 0.6 is 0 Å². The van der Waals surface area contributed by atoms with Crippen LogP contribution in [0.5, 0.6) is 28.7 Å². The predicted molar refractivity (Wildman–Crippen MR) is 151 cm³/mol. The molecule has 0 radical (unpaired) electrons. The van der Waals surface area contributed by atoms with E-state index < -0.39 is 55.3 Å². The van der Waals surface area contributed by atoms with Crippen LogP contribution in [0.4, 0.5) is 0 Å². The van der Waals surface area contributed by atoms with E-state index in [-0.39, 0.29) is 13.2 Å². The number of methoxy groups -OCH3 is 4. The van der Waals surface area contributed by atoms with E-state index in [4.69, 9.17) is 37.9 Å². The van der Waals surface area contributed by atoms with Crippen molar-refractivity contribution in [2.45, 2.75) is 49.7 Å². The smallest absolute Gasteiger partial charge is 0.302 e. The van der Waals surface area contributed by atoms with E-state index in [1.165, 1.54) is 35.4 Å². The van der Waals surface area contributed by atoms with Crippen LogP contribution in [-0.4, -0.2) is 105 Å². The Morgan fingerprint density at radius 3 is 2.16 bits per heavy atom. The van der Waals surface area contributed by atoms with E-state index in [2.05, 4.69) is 0 Å². The van der Waals surface area contributed by atoms with Gasteiger partial charge in [0.15, 0.2) is 29.3 Å². The van der Waals surface area contributed by atoms with Gasteiger partial charge in [-0.1, -0.05) is 12.2 Å². The standard InChI is InChI=1S/C30H38O13/c1-15(32)41-14-19-18-9-16(7-6-8-40-30-26(35)25(34)24(33)23(13-31)42-30)10-20(36-2)28(18)43-27(19)17-11-21(37-3)29(39-5)22(12-17)38-4/h6-7,9-12,19,23-27,30-31,33-35H,8,13-14H2,1-5H3/b7-6+/t19-,23-,24-,25+,26-,27+,30-/m1/s1. The van der Waals surface area contributed by atoms with Gasteiger partial charge in [-0.05, 0) is 29.8 Å². The summed E-state index contributed by atoms with van der Waals surface area (Å²) in [7, 11) is 6.07. The first-order chi connectivity index (χ1) is 20.7. The van der Waals surface area contributed by atoms with Crippen molar-refractivity contribution in [3.63, 3.8) is 0 Å². The molecule has 13 heteroatoms. The summed E-state index contributed by atoms with van der Waals surface area (Å²) in [5.41, 5.74) is 2.17. The van der Waals surface area contributed by atoms with Crippen LogP contribution in [0.2, 0.25) is 0 Å². The Hall–Kier alpha value is -3.59. The highest BCUT2D eigenvalue weighted by atomic mass is 16.7. The van der Waals surface area contributed by atoms with Crippen molar-refractivity contribution in [2.75, 3.05) is 48.3 Å². The van der Waals surface area contributed by atoms with E-state index in [1.807, 2.05) is 6.07 Å². The number of aliphatic hydroxyl groups excluding tert-OH is 4. The van der Waals surface area contributed by atoms with Crippen LogP contribution in [0.15, 0.2) is 30.3 Å². The summed E-state index contributed by atoms with van der Waals surface area (Å²) in [6.45, 7) is 0.785. The van der Waals surface area contributed by atoms with E-state index in [0.717, 1.165) is 11.1 Å². The fraction of sp³-hybridized carbons (Fsp3) is 0.500. The molecule has 0 spiro atoms. The summed E-state index contributed by atoms with van der Waals surface area (Å²) < 4.78 is 44.9. The zero-order chi connectivity index (χ0) is 31.3. The van der Waals surface area contributed by atoms with Gasteiger partial charge in [0.2, 0.25) is 5.75 Å². The molecule has 0 bridgehead atoms. The summed E-state index contributed by atoms with van der Waals surface area (Å²) in [6.07, 6.45) is -4.01. The summed E-state index contributed by atoms with van der Waals surface area (Å²) >= 11 is 0. The number of hydrogen-bond acceptors (Lipinski definition) is 13. The van der Waals surface area contributed by atoms with Crippen LogP contribution < -0.4 is 23.7 Å². The number of carbonyl (C=O) groups is 1. The third-order valence-electron chi connectivity index (χ3n) is 7.33. The molecule has 4 rings (SSSR count). The Balaban J connectivity index is 1.60. The van der Waals surface area contributed by atoms with Gasteiger partial charge in [-0.15, -0.1) is 0 Å². The highest BCUT2D eigenvalue weighted by Gasteiger charge is 2.44. The summed E-state index contributed by atoms with van der Waals surface area (Å²) in [6, 6.07) is 7.21. The minimum Gasteiger partial charge on any atom is -0.493 e. The van der Waals surface area contributed by atoms with Gasteiger partial charge >= 0.3 is 5.97 Å². The zero-order valence-corrected chi connectivity index (χ0v) is 24.6. The molecule has 0 amide bonds. The Morgan fingerprint density at radius 2 is 1.58 bits per heavy atom. The molecule has 2 aromatic rings. The van der Waals surface area contributed by atoms with Gasteiger partial charge in [0.25, 0.3) is 0 Å². The first-order valence-corrected chi connectivity index (χ1v) is 13.6. The first-order valence-electron chi connectivity index (χ1n) is 13.6. The Bertz CT molecular complexity index is 1270. The number of carbonyl (C=O) groups excluding carboxylic acids is 1. The maximum Gasteiger partial charge on any atom is 0.302 e. The summed E-state index contributed by atoms with van der Waals surface area (Å²) in [4.78, 5) is 11.8. The summed E-state index contributed by atoms with van der Waals surface area (Å²) in [5, 5.41) is 39.5. The molecule has 0 aliphatic carbocycles. The summed E-state index contributed by atoms with van der Waals surface area (Å²) in [5.74, 6) is 1.40. The van der Waals surface area contributed by atoms with Crippen LogP contribution in [0, 0.1) is 0 Å². The van der Waals surface area contributed by atoms with E-state index in [1.54, 1.807) is 30.4 Å². The molecular formula is C30H38O13. The van der Waals surface area contributed by atoms with E-state index in [9.17, 15) is 25.2 Å². The molecule has 1 saturated heterocycles. The average molecular weight is 607 g/mol. The molecular weight excluding hydrogens is 568 g/mol. The van der Waals surface area contributed by atoms with Crippen molar-refractivity contribution in [1.29, 1.82) is 0 Å². The fourth-order valence-electron chi connectivity index (χ4n) is 5.16. The number of benzene rings is 2. The van der Waals surface area contributed by atoms with Crippen molar-refractivity contribution in [2.24, 2.45) is 0 Å². The van der Waals surface area contributed by atoms with Crippen molar-refractivity contribution in [1.82, 2.24) is 0 Å². The van der Waals surface area contributed by atoms with Gasteiger partial charge in [0.1, 0.15) is 37.1 Å². The zero-order valence-electron chi connectivity index (χ0n) is 24.6. The molecule has 0 unspecified atom stereocenters. The second-order valence-electron chi connectivity index (χ2n) is 9.98. The highest BCUT2D eigenvalue weighted by Crippen LogP contribution is 2.53. The van der Waals surface area contributed by atoms with Crippen LogP contribution in [-0.2, 0) is 19.0 Å². The SMILES string of the molecule is COc1cc([C@@H]2Oc3c(OC)cc(/C=C/CO[C@@H]4O[C@H](CO)[C@@H](O)[C@H](O)[C@H]4O)cc3[C@H]2COC(C)=O)cc(OC)c1OC. The normalized spacial score (nSPS) is 26.5. The predicted octanol–water partition coefficient (Wildman–Crippen LogP) is 1.33. The molecule has 7 atom stereocenters. The number of fused-ring (bicyclic) bond motifs is 1. The Labute approximate surface area is 249 Å². The van der Waals surface area contributed by atoms with Crippen LogP contribution in [0.1, 0.15) is 35.6 Å². The van der Waals surface area contributed by atoms with Crippen molar-refractivity contribution >= 4 is 12.0 Å². The number of hydrogen-bond donors (Lipinski definition) is 4. The molecule has 13 nitrogen and oxygen atoms in total. The van der Waals surface area contributed by atoms with Gasteiger partial charge in [-0.2, -0.15) is 0 Å². The molecule has 0 saturated carbocycles. The number of rotatable bonds is 12. The minimum absolute atomic E-state index is 0.0243. The largest absolute Gasteiger partial charge is 0.493 e. The molecule has 2 aliphatic heterocycles. The lowest BCUT2D eigenvalue weighted by Gasteiger charge is -2.39. The third kappa shape index (κ3) is 6.82. The number of esters is 1. The Kier molecular flexibility index (Phi) is 10.7. The second-order valence-corrected chi connectivity index (χ2v) is 9.98. The molecule has 2 aromatic carbocycles. The van der Waals surface area contributed by atoms with Gasteiger partial charge in [-0.25, -0.2) is 0 Å². The highest BCUT2D eigenvalue weighted by molar-refractivity contribution is 5.67. The lowest BCUT2D eigenvalue weighted by molar-refractivity contribution is -0.298. The van der Waals surface area contributed by atoms with Crippen LogP contribution in [0.3, 0.4) is 0 Å². The van der Waals surface area contributed by atoms with Gasteiger partial charge in [0, 0.05) is 18.1 Å². The lowest BCUT2D eigenvalue weighted by atomic mass is 9.90. The molecule has 0 aromatic heterocycles. The van der Waals surface area contributed by atoms with Crippen molar-refractivity contribution in [3.05, 3.63) is 47.0 Å². The van der Waals surface area contributed by atoms with Gasteiger partial charge in [-0.3, -0.25) is 4.79 Å². The maximum absolute atomic E-state index is 11.8. The molecule has 4 N–H and O–H groups in total. The molecule has 43 heavy (non-hydrogen) atoms. The molecule has 2 heterocycles. The quantitative estimate of drug-likeness (QED) is 0.255. The lowest BCUT2D eigenvalue weighted by Crippen LogP contribution is -2.59. The monoisotopic (exact) mass is 606 g/mol. The van der Waals surface area contributed by atoms with Crippen molar-refractivity contribution < 1.29 is 63.1 Å². The van der Waals surface area contributed by atoms with E-state index in [0.29, 0.717) is 34.3 Å². The molecule has 236 valence electrons. The number of aliphatic hydroxyl groups is 4. The maximum atomic E-state index is 11.8. The average Bonchev–Trinajstić information content (AvgIpc) is 3.38. The Morgan fingerprint density at radius 1 is 0.907 bits per heavy atom. The first kappa shape index (κ1) is 32.3. The van der Waals surface area contributed by atoms with Gasteiger partial charge in [0.05, 0.1) is 47.6 Å². The van der Waals surface area contributed by atoms with Crippen molar-refractivity contribution in [3.8, 4) is 28.7 Å². The van der Waals surface area contributed by atoms with Gasteiger partial charge < -0.3 is 58.3 Å². The topological polar surface area (TPSA) is 172 Å².